The predicted octanol–water partition coefficient (Wildman–Crippen LogP) is 5.31. The van der Waals surface area contributed by atoms with Crippen LogP contribution in [0.2, 0.25) is 5.02 Å². The number of likely N-dealkylation sites (N-methyl/N-ethyl adjacent to an activating group) is 1. The smallest absolute Gasteiger partial charge is 0.409 e. The number of allylic oxidation sites excluding steroid dienone is 4. The Hall–Kier alpha value is -9.21. The van der Waals surface area contributed by atoms with Crippen molar-refractivity contribution in [2.24, 2.45) is 23.3 Å². The van der Waals surface area contributed by atoms with Gasteiger partial charge in [0, 0.05) is 81.7 Å². The number of carbonyl (C=O) groups excluding carboxylic acids is 11. The van der Waals surface area contributed by atoms with Gasteiger partial charge in [0.2, 0.25) is 47.3 Å². The standard InChI is InChI=1S/C85H110ClN11O21S4/c1-46-18-17-24-68(115-9)85(113)42-67(116-83(112)95-85)47(2)74-84(5,118-74)69(41-71(102)97(7)64-37-52(34-46)38-66(114-8)72(64)86)117-82(111)48(3)96(6)70(101)31-33-119-120-45-63(81(109)110)93-79(107)62-44-122-121-43-61(91-76(104)58(88)36-50-19-11-10-12-20-50)65(100)40-55(35-51-25-29-56(99)30-26-51)75(103)90-60(39-54-28-27-53-21-13-14-22-57(53)54)78(106)89-59(23-15-16-32-87)77(105)94-73(49(4)98)80(108)92-62/h10-14,17-22,24-26,28-30,37-38,47-49,55,58-63,67-69,73-74,98-99,113H,15-16,23,27,31-36,39-45,87-88H2,1-9H3,(H,89,106)(H,90,103)(H,91,104)(H,92,108)(H,93,107)(H,94,105)(H,95,112)(H,109,110)/b24-17+,46-18+/t47-,48+,49-,55-,58-,59+,60-,61+,62+,63+,67+,68-,69+,73+,74+,84+,85+/m1/s1. The molecule has 4 aromatic rings. The summed E-state index contributed by atoms with van der Waals surface area (Å²) in [5, 5.41) is 62.9. The van der Waals surface area contributed by atoms with E-state index in [0.29, 0.717) is 36.0 Å². The zero-order valence-electron chi connectivity index (χ0n) is 69.4. The maximum atomic E-state index is 15.1. The van der Waals surface area contributed by atoms with Crippen molar-refractivity contribution in [3.8, 4) is 11.5 Å². The van der Waals surface area contributed by atoms with Gasteiger partial charge >= 0.3 is 18.0 Å². The zero-order valence-corrected chi connectivity index (χ0v) is 73.5. The number of hydrogen-bond donors (Lipinski definition) is 13. The number of rotatable bonds is 27. The van der Waals surface area contributed by atoms with Crippen LogP contribution in [-0.4, -0.2) is 244 Å². The third-order valence-electron chi connectivity index (χ3n) is 22.3. The number of benzene rings is 4. The van der Waals surface area contributed by atoms with E-state index in [4.69, 9.17) is 46.8 Å². The summed E-state index contributed by atoms with van der Waals surface area (Å²) in [6.45, 7) is 8.05. The number of Topliss-reactive ketones (excluding diaryl/α,β-unsaturated/α-hetero) is 1. The van der Waals surface area contributed by atoms with Gasteiger partial charge in [-0.2, -0.15) is 0 Å². The Bertz CT molecular complexity index is 4530. The quantitative estimate of drug-likeness (QED) is 0.0156. The van der Waals surface area contributed by atoms with Gasteiger partial charge < -0.3 is 97.3 Å². The van der Waals surface area contributed by atoms with E-state index in [-0.39, 0.29) is 96.7 Å². The van der Waals surface area contributed by atoms with E-state index < -0.39 is 186 Å². The average molecular weight is 1790 g/mol. The number of anilines is 1. The lowest BCUT2D eigenvalue weighted by Gasteiger charge is -2.42. The van der Waals surface area contributed by atoms with Crippen LogP contribution in [0.1, 0.15) is 114 Å². The molecule has 0 radical (unpaired) electrons. The predicted molar refractivity (Wildman–Crippen MR) is 465 cm³/mol. The molecule has 3 fully saturated rings. The van der Waals surface area contributed by atoms with Crippen molar-refractivity contribution >= 4 is 137 Å². The van der Waals surface area contributed by atoms with Gasteiger partial charge in [-0.05, 0) is 137 Å². The fourth-order valence-electron chi connectivity index (χ4n) is 14.8. The Labute approximate surface area is 729 Å². The monoisotopic (exact) mass is 1780 g/mol. The first kappa shape index (κ1) is 96.6. The molecule has 0 spiro atoms. The minimum absolute atomic E-state index is 0.0344. The number of aliphatic hydroxyl groups is 2. The summed E-state index contributed by atoms with van der Waals surface area (Å²) < 4.78 is 29.7. The number of aliphatic hydroxyl groups excluding tert-OH is 1. The Morgan fingerprint density at radius 1 is 0.861 bits per heavy atom. The number of ether oxygens (including phenoxy) is 5. The number of unbranched alkanes of at least 4 members (excludes halogenated alkanes) is 1. The first-order valence-electron chi connectivity index (χ1n) is 40.2. The fraction of sp³-hybridized carbons (Fsp3) is 0.506. The summed E-state index contributed by atoms with van der Waals surface area (Å²) in [6.07, 6.45) is 0.151. The number of nitrogens with two attached hydrogens (primary N) is 2. The summed E-state index contributed by atoms with van der Waals surface area (Å²) >= 11 is 6.89. The van der Waals surface area contributed by atoms with Crippen LogP contribution in [0.25, 0.3) is 5.57 Å². The maximum Gasteiger partial charge on any atom is 0.409 e. The average Bonchev–Trinajstić information content (AvgIpc) is 1.57. The number of methoxy groups -OCH3 is 2. The Kier molecular flexibility index (Phi) is 35.6. The molecular weight excluding hydrogens is 1670 g/mol. The third kappa shape index (κ3) is 26.2. The van der Waals surface area contributed by atoms with Gasteiger partial charge in [0.15, 0.2) is 11.5 Å². The van der Waals surface area contributed by atoms with E-state index in [1.54, 1.807) is 80.6 Å². The second-order valence-corrected chi connectivity index (χ2v) is 36.9. The number of nitrogens with one attached hydrogen (secondary N) is 7. The van der Waals surface area contributed by atoms with Crippen LogP contribution in [0.4, 0.5) is 10.5 Å². The minimum atomic E-state index is -1.96. The van der Waals surface area contributed by atoms with Crippen molar-refractivity contribution in [3.05, 3.63) is 154 Å². The minimum Gasteiger partial charge on any atom is -0.508 e. The summed E-state index contributed by atoms with van der Waals surface area (Å²) in [5.41, 5.74) is 14.6. The molecule has 122 heavy (non-hydrogen) atoms. The van der Waals surface area contributed by atoms with Crippen LogP contribution in [0.5, 0.6) is 11.5 Å². The Morgan fingerprint density at radius 3 is 2.25 bits per heavy atom. The van der Waals surface area contributed by atoms with Gasteiger partial charge in [-0.25, -0.2) is 14.4 Å². The van der Waals surface area contributed by atoms with Gasteiger partial charge in [0.05, 0.1) is 43.5 Å². The number of aliphatic carboxylic acids is 1. The molecule has 4 bridgehead atoms. The van der Waals surface area contributed by atoms with E-state index in [9.17, 15) is 63.6 Å². The van der Waals surface area contributed by atoms with Gasteiger partial charge in [-0.1, -0.05) is 158 Å². The number of phenols is 1. The van der Waals surface area contributed by atoms with E-state index in [2.05, 4.69) is 37.2 Å². The summed E-state index contributed by atoms with van der Waals surface area (Å²) in [6, 6.07) is 14.0. The molecule has 15 N–H and O–H groups in total. The van der Waals surface area contributed by atoms with Gasteiger partial charge in [-0.3, -0.25) is 48.5 Å². The first-order valence-corrected chi connectivity index (χ1v) is 45.5. The Morgan fingerprint density at radius 2 is 1.56 bits per heavy atom. The molecule has 9 amide bonds. The molecule has 17 atom stereocenters. The summed E-state index contributed by atoms with van der Waals surface area (Å²) in [5.74, 6) is -12.3. The number of ketones is 1. The molecule has 662 valence electrons. The van der Waals surface area contributed by atoms with E-state index in [0.717, 1.165) is 70.3 Å². The number of amides is 9. The van der Waals surface area contributed by atoms with Crippen molar-refractivity contribution < 1.29 is 102 Å². The number of fused-ring (bicyclic) bond motifs is 6. The largest absolute Gasteiger partial charge is 0.508 e. The number of epoxide rings is 1. The van der Waals surface area contributed by atoms with Crippen molar-refractivity contribution in [2.45, 2.75) is 202 Å². The molecule has 4 heterocycles. The second kappa shape index (κ2) is 44.9. The highest BCUT2D eigenvalue weighted by Gasteiger charge is 2.65. The molecule has 32 nitrogen and oxygen atoms in total. The van der Waals surface area contributed by atoms with Crippen LogP contribution in [0, 0.1) is 11.8 Å². The van der Waals surface area contributed by atoms with Gasteiger partial charge in [-0.15, -0.1) is 0 Å². The van der Waals surface area contributed by atoms with E-state index >= 15 is 14.4 Å². The highest BCUT2D eigenvalue weighted by molar-refractivity contribution is 8.77. The normalized spacial score (nSPS) is 26.9. The number of esters is 1. The molecular formula is C85H110ClN11O21S4. The number of hydrogen-bond acceptors (Lipinski definition) is 26. The van der Waals surface area contributed by atoms with Gasteiger partial charge in [0.25, 0.3) is 0 Å². The molecule has 3 saturated heterocycles. The summed E-state index contributed by atoms with van der Waals surface area (Å²) in [7, 11) is 9.60. The molecule has 0 unspecified atom stereocenters. The van der Waals surface area contributed by atoms with E-state index in [1.807, 2.05) is 43.3 Å². The van der Waals surface area contributed by atoms with Crippen LogP contribution >= 0.6 is 54.8 Å². The topological polar surface area (TPSA) is 478 Å². The zero-order chi connectivity index (χ0) is 88.9. The van der Waals surface area contributed by atoms with Crippen molar-refractivity contribution in [1.82, 2.24) is 42.1 Å². The SMILES string of the molecule is COc1cc2cc(c1Cl)N(C)C(=O)C[C@H](OC(=O)[C@H](C)N(C)C(=O)CCSSC[C@H](NC(=O)[C@@H]1CSSC[C@H](NC(=O)[C@H](N)Cc3ccccc3)C(=O)C[C@@H](Cc3ccc(O)cc3)C(=O)N[C@H](CC3=CCc4ccccc43)C(=O)N[C@@H](CCCCN)C(=O)N[C@@H]([C@@H](C)O)C(=O)N1)C(=O)O)[C@]1(C)O[C@H]1[C@H](C)[C@@H]1C[C@@](O)(NC(=O)O1)[C@H](OC)/C=C/C=C(\C)C2. The van der Waals surface area contributed by atoms with Crippen LogP contribution in [-0.2, 0) is 97.4 Å². The number of carboxylic acids is 1. The third-order valence-corrected chi connectivity index (χ3v) is 27.5. The molecule has 4 aliphatic heterocycles. The van der Waals surface area contributed by atoms with Crippen molar-refractivity contribution in [1.29, 1.82) is 0 Å². The lowest BCUT2D eigenvalue weighted by Crippen LogP contribution is -2.63. The van der Waals surface area contributed by atoms with Gasteiger partial charge in [0.1, 0.15) is 76.7 Å². The summed E-state index contributed by atoms with van der Waals surface area (Å²) in [4.78, 5) is 175. The Balaban J connectivity index is 0.909. The van der Waals surface area contributed by atoms with E-state index in [1.165, 1.54) is 59.2 Å². The number of carbonyl (C=O) groups is 12. The lowest BCUT2D eigenvalue weighted by molar-refractivity contribution is -0.162. The number of aromatic hydroxyl groups is 1. The van der Waals surface area contributed by atoms with Crippen LogP contribution < -0.4 is 58.3 Å². The lowest BCUT2D eigenvalue weighted by atomic mass is 9.83. The molecule has 9 rings (SSSR count). The molecule has 4 aromatic carbocycles. The highest BCUT2D eigenvalue weighted by Crippen LogP contribution is 2.50. The maximum absolute atomic E-state index is 15.1. The second-order valence-electron chi connectivity index (χ2n) is 31.3. The molecule has 5 aliphatic rings. The fourth-order valence-corrected chi connectivity index (χ4v) is 19.6. The van der Waals surface area contributed by atoms with Crippen molar-refractivity contribution in [2.75, 3.05) is 62.8 Å². The van der Waals surface area contributed by atoms with Crippen LogP contribution in [0.15, 0.2) is 121 Å². The molecule has 1 aliphatic carbocycles. The van der Waals surface area contributed by atoms with Crippen molar-refractivity contribution in [3.63, 3.8) is 0 Å². The molecule has 0 aromatic heterocycles. The molecule has 0 saturated carbocycles. The number of phenolic OH excluding ortho intramolecular Hbond substituents is 1. The number of carboxylic acid groups (broad SMARTS) is 1. The molecule has 37 heteroatoms. The van der Waals surface area contributed by atoms with Crippen LogP contribution in [0.3, 0.4) is 0 Å². The number of halogens is 1. The highest BCUT2D eigenvalue weighted by atomic mass is 35.5. The number of alkyl carbamates (subject to hydrolysis) is 1. The first-order chi connectivity index (χ1) is 58.0. The number of nitrogens with zero attached hydrogens (tertiary/aromatic N) is 2.